The Morgan fingerprint density at radius 2 is 1.97 bits per heavy atom. The van der Waals surface area contributed by atoms with Crippen molar-refractivity contribution in [3.63, 3.8) is 0 Å². The molecule has 0 aliphatic rings. The molecule has 7 heteroatoms. The molecule has 2 aromatic heterocycles. The van der Waals surface area contributed by atoms with Gasteiger partial charge in [0, 0.05) is 17.3 Å². The first-order valence-electron chi connectivity index (χ1n) is 9.12. The Morgan fingerprint density at radius 1 is 1.14 bits per heavy atom. The highest BCUT2D eigenvalue weighted by Gasteiger charge is 2.14. The zero-order chi connectivity index (χ0) is 20.2. The number of oxazole rings is 1. The summed E-state index contributed by atoms with van der Waals surface area (Å²) in [5.41, 5.74) is 2.84. The van der Waals surface area contributed by atoms with E-state index < -0.39 is 0 Å². The molecule has 146 valence electrons. The summed E-state index contributed by atoms with van der Waals surface area (Å²) in [7, 11) is 1.55. The van der Waals surface area contributed by atoms with Crippen molar-refractivity contribution in [2.75, 3.05) is 19.0 Å². The molecule has 0 saturated heterocycles. The van der Waals surface area contributed by atoms with Gasteiger partial charge in [-0.15, -0.1) is 0 Å². The molecule has 0 saturated carbocycles. The van der Waals surface area contributed by atoms with Crippen molar-refractivity contribution in [3.8, 4) is 23.0 Å². The van der Waals surface area contributed by atoms with E-state index in [1.54, 1.807) is 61.8 Å². The number of aromatic nitrogens is 2. The molecule has 0 spiro atoms. The minimum atomic E-state index is -0.261. The lowest BCUT2D eigenvalue weighted by atomic mass is 10.1. The average molecular weight is 389 g/mol. The number of nitrogens with one attached hydrogen (secondary N) is 1. The molecule has 1 amide bonds. The first-order valence-corrected chi connectivity index (χ1v) is 9.12. The van der Waals surface area contributed by atoms with Crippen molar-refractivity contribution in [3.05, 3.63) is 66.4 Å². The van der Waals surface area contributed by atoms with Crippen LogP contribution < -0.4 is 14.8 Å². The fourth-order valence-corrected chi connectivity index (χ4v) is 2.89. The van der Waals surface area contributed by atoms with Crippen LogP contribution in [-0.2, 0) is 0 Å². The molecular weight excluding hydrogens is 370 g/mol. The number of rotatable bonds is 6. The van der Waals surface area contributed by atoms with Crippen molar-refractivity contribution < 1.29 is 18.7 Å². The molecular formula is C22H19N3O4. The number of hydrogen-bond acceptors (Lipinski definition) is 6. The van der Waals surface area contributed by atoms with Gasteiger partial charge in [-0.1, -0.05) is 0 Å². The van der Waals surface area contributed by atoms with Crippen molar-refractivity contribution in [1.82, 2.24) is 9.97 Å². The monoisotopic (exact) mass is 389 g/mol. The first-order chi connectivity index (χ1) is 14.2. The molecule has 1 N–H and O–H groups in total. The van der Waals surface area contributed by atoms with Crippen LogP contribution in [0.2, 0.25) is 0 Å². The van der Waals surface area contributed by atoms with E-state index in [0.29, 0.717) is 52.0 Å². The van der Waals surface area contributed by atoms with E-state index in [2.05, 4.69) is 15.3 Å². The molecule has 7 nitrogen and oxygen atoms in total. The molecule has 2 aromatic carbocycles. The highest BCUT2D eigenvalue weighted by Crippen LogP contribution is 2.32. The number of benzene rings is 2. The van der Waals surface area contributed by atoms with Crippen molar-refractivity contribution in [2.24, 2.45) is 0 Å². The first kappa shape index (κ1) is 18.5. The van der Waals surface area contributed by atoms with Gasteiger partial charge in [0.15, 0.2) is 11.2 Å². The van der Waals surface area contributed by atoms with Crippen LogP contribution >= 0.6 is 0 Å². The van der Waals surface area contributed by atoms with E-state index >= 15 is 0 Å². The molecule has 4 aromatic rings. The maximum absolute atomic E-state index is 12.7. The van der Waals surface area contributed by atoms with E-state index in [-0.39, 0.29) is 5.91 Å². The molecule has 0 aliphatic carbocycles. The average Bonchev–Trinajstić information content (AvgIpc) is 3.19. The van der Waals surface area contributed by atoms with Gasteiger partial charge in [-0.3, -0.25) is 4.79 Å². The number of carbonyl (C=O) groups is 1. The second kappa shape index (κ2) is 8.02. The molecule has 0 radical (unpaired) electrons. The predicted octanol–water partition coefficient (Wildman–Crippen LogP) is 4.55. The van der Waals surface area contributed by atoms with Gasteiger partial charge in [0.05, 0.1) is 19.4 Å². The predicted molar refractivity (Wildman–Crippen MR) is 109 cm³/mol. The molecule has 0 bridgehead atoms. The molecule has 0 aliphatic heterocycles. The summed E-state index contributed by atoms with van der Waals surface area (Å²) < 4.78 is 16.6. The van der Waals surface area contributed by atoms with Crippen LogP contribution in [0.25, 0.3) is 22.7 Å². The molecule has 29 heavy (non-hydrogen) atoms. The third-order valence-electron chi connectivity index (χ3n) is 4.29. The Balaban J connectivity index is 1.62. The lowest BCUT2D eigenvalue weighted by molar-refractivity contribution is 0.102. The van der Waals surface area contributed by atoms with Crippen LogP contribution in [0, 0.1) is 0 Å². The number of anilines is 1. The number of hydrogen-bond donors (Lipinski definition) is 1. The van der Waals surface area contributed by atoms with E-state index in [4.69, 9.17) is 13.9 Å². The van der Waals surface area contributed by atoms with Crippen LogP contribution in [0.4, 0.5) is 5.69 Å². The highest BCUT2D eigenvalue weighted by atomic mass is 16.5. The number of carbonyl (C=O) groups excluding carboxylic acids is 1. The number of methoxy groups -OCH3 is 1. The van der Waals surface area contributed by atoms with Gasteiger partial charge in [0.1, 0.15) is 11.5 Å². The SMILES string of the molecule is CCOc1ccc(C(=O)Nc2cc(-c3nc4ncccc4o3)ccc2OC)cc1. The third kappa shape index (κ3) is 3.89. The number of nitrogens with zero attached hydrogens (tertiary/aromatic N) is 2. The summed E-state index contributed by atoms with van der Waals surface area (Å²) in [6, 6.07) is 15.9. The fourth-order valence-electron chi connectivity index (χ4n) is 2.89. The van der Waals surface area contributed by atoms with Crippen LogP contribution in [0.1, 0.15) is 17.3 Å². The largest absolute Gasteiger partial charge is 0.495 e. The Labute approximate surface area is 167 Å². The second-order valence-electron chi connectivity index (χ2n) is 6.17. The Kier molecular flexibility index (Phi) is 5.11. The maximum atomic E-state index is 12.7. The quantitative estimate of drug-likeness (QED) is 0.521. The van der Waals surface area contributed by atoms with Crippen LogP contribution in [0.5, 0.6) is 11.5 Å². The Morgan fingerprint density at radius 3 is 2.69 bits per heavy atom. The number of amides is 1. The molecule has 0 atom stereocenters. The lowest BCUT2D eigenvalue weighted by Crippen LogP contribution is -2.12. The van der Waals surface area contributed by atoms with E-state index in [0.717, 1.165) is 0 Å². The number of ether oxygens (including phenoxy) is 2. The van der Waals surface area contributed by atoms with Crippen molar-refractivity contribution in [1.29, 1.82) is 0 Å². The summed E-state index contributed by atoms with van der Waals surface area (Å²) in [6.45, 7) is 2.48. The maximum Gasteiger partial charge on any atom is 0.255 e. The summed E-state index contributed by atoms with van der Waals surface area (Å²) in [6.07, 6.45) is 1.66. The zero-order valence-corrected chi connectivity index (χ0v) is 16.0. The molecule has 0 fully saturated rings. The summed E-state index contributed by atoms with van der Waals surface area (Å²) in [5, 5.41) is 2.88. The van der Waals surface area contributed by atoms with Crippen LogP contribution in [0.3, 0.4) is 0 Å². The van der Waals surface area contributed by atoms with Crippen LogP contribution in [0.15, 0.2) is 65.2 Å². The zero-order valence-electron chi connectivity index (χ0n) is 16.0. The highest BCUT2D eigenvalue weighted by molar-refractivity contribution is 6.05. The van der Waals surface area contributed by atoms with Gasteiger partial charge >= 0.3 is 0 Å². The lowest BCUT2D eigenvalue weighted by Gasteiger charge is -2.11. The van der Waals surface area contributed by atoms with Gasteiger partial charge in [-0.25, -0.2) is 4.98 Å². The van der Waals surface area contributed by atoms with Crippen molar-refractivity contribution >= 4 is 22.8 Å². The van der Waals surface area contributed by atoms with Gasteiger partial charge in [-0.2, -0.15) is 4.98 Å². The van der Waals surface area contributed by atoms with E-state index in [1.165, 1.54) is 0 Å². The topological polar surface area (TPSA) is 86.5 Å². The van der Waals surface area contributed by atoms with Gasteiger partial charge in [-0.05, 0) is 61.5 Å². The summed E-state index contributed by atoms with van der Waals surface area (Å²) in [4.78, 5) is 21.3. The molecule has 0 unspecified atom stereocenters. The number of fused-ring (bicyclic) bond motifs is 1. The standard InChI is InChI=1S/C22H19N3O4/c1-3-28-16-9-6-14(7-10-16)21(26)24-17-13-15(8-11-18(17)27-2)22-25-20-19(29-22)5-4-12-23-20/h4-13H,3H2,1-2H3,(H,24,26). The number of pyridine rings is 1. The van der Waals surface area contributed by atoms with E-state index in [9.17, 15) is 4.79 Å². The Hall–Kier alpha value is -3.87. The van der Waals surface area contributed by atoms with Gasteiger partial charge in [0.2, 0.25) is 5.89 Å². The normalized spacial score (nSPS) is 10.7. The molecule has 2 heterocycles. The minimum Gasteiger partial charge on any atom is -0.495 e. The minimum absolute atomic E-state index is 0.261. The second-order valence-corrected chi connectivity index (χ2v) is 6.17. The van der Waals surface area contributed by atoms with E-state index in [1.807, 2.05) is 13.0 Å². The smallest absolute Gasteiger partial charge is 0.255 e. The van der Waals surface area contributed by atoms with Crippen LogP contribution in [-0.4, -0.2) is 29.6 Å². The summed E-state index contributed by atoms with van der Waals surface area (Å²) in [5.74, 6) is 1.40. The summed E-state index contributed by atoms with van der Waals surface area (Å²) >= 11 is 0. The fraction of sp³-hybridized carbons (Fsp3) is 0.136. The van der Waals surface area contributed by atoms with Gasteiger partial charge < -0.3 is 19.2 Å². The van der Waals surface area contributed by atoms with Crippen molar-refractivity contribution in [2.45, 2.75) is 6.92 Å². The molecule has 4 rings (SSSR count). The Bertz CT molecular complexity index is 1120. The third-order valence-corrected chi connectivity index (χ3v) is 4.29. The van der Waals surface area contributed by atoms with Gasteiger partial charge in [0.25, 0.3) is 5.91 Å².